The minimum Gasteiger partial charge on any atom is -0.507 e. The summed E-state index contributed by atoms with van der Waals surface area (Å²) in [6, 6.07) is 8.12. The van der Waals surface area contributed by atoms with Crippen LogP contribution in [0, 0.1) is 0 Å². The van der Waals surface area contributed by atoms with E-state index in [4.69, 9.17) is 21.4 Å². The van der Waals surface area contributed by atoms with Crippen LogP contribution in [0.4, 0.5) is 0 Å². The van der Waals surface area contributed by atoms with Crippen molar-refractivity contribution in [3.63, 3.8) is 0 Å². The average Bonchev–Trinajstić information content (AvgIpc) is 2.80. The highest BCUT2D eigenvalue weighted by Gasteiger charge is 2.17. The van der Waals surface area contributed by atoms with E-state index in [-0.39, 0.29) is 63.9 Å². The van der Waals surface area contributed by atoms with Gasteiger partial charge in [0.1, 0.15) is 11.5 Å². The number of carbonyl (C=O) groups excluding carboxylic acids is 2. The van der Waals surface area contributed by atoms with Crippen molar-refractivity contribution in [2.24, 2.45) is 0 Å². The molecule has 0 aliphatic carbocycles. The molecule has 1 heterocycles. The number of phenolic OH excluding ortho intramolecular Hbond substituents is 2. The van der Waals surface area contributed by atoms with E-state index in [1.54, 1.807) is 13.8 Å². The number of hydrogen-bond donors (Lipinski definition) is 2. The Kier molecular flexibility index (Phi) is 7.46. The monoisotopic (exact) mass is 475 g/mol. The smallest absolute Gasteiger partial charge is 0.355 e. The number of hydrogen-bond acceptors (Lipinski definition) is 11. The van der Waals surface area contributed by atoms with Gasteiger partial charge in [0.05, 0.1) is 11.1 Å². The predicted molar refractivity (Wildman–Crippen MR) is 113 cm³/mol. The molecule has 172 valence electrons. The van der Waals surface area contributed by atoms with Gasteiger partial charge in [-0.25, -0.2) is 14.6 Å². The number of nitrogens with zero attached hydrogens (tertiary/aromatic N) is 3. The van der Waals surface area contributed by atoms with Crippen molar-refractivity contribution in [3.8, 4) is 45.8 Å². The molecule has 2 aromatic carbocycles. The van der Waals surface area contributed by atoms with E-state index in [1.807, 2.05) is 0 Å². The first-order chi connectivity index (χ1) is 15.8. The average molecular weight is 476 g/mol. The molecule has 0 radical (unpaired) electrons. The maximum Gasteiger partial charge on any atom is 0.355 e. The summed E-state index contributed by atoms with van der Waals surface area (Å²) in [4.78, 5) is 53.5. The van der Waals surface area contributed by atoms with Crippen LogP contribution in [0.1, 0.15) is 26.7 Å². The molecule has 0 amide bonds. The quantitative estimate of drug-likeness (QED) is 0.362. The molecule has 0 saturated carbocycles. The third-order valence-corrected chi connectivity index (χ3v) is 4.24. The molecule has 0 spiro atoms. The van der Waals surface area contributed by atoms with E-state index in [2.05, 4.69) is 24.7 Å². The van der Waals surface area contributed by atoms with E-state index in [0.717, 1.165) is 0 Å². The van der Waals surface area contributed by atoms with Gasteiger partial charge in [-0.15, -0.1) is 0 Å². The lowest BCUT2D eigenvalue weighted by Crippen LogP contribution is -2.06. The van der Waals surface area contributed by atoms with Gasteiger partial charge >= 0.3 is 11.9 Å². The van der Waals surface area contributed by atoms with Crippen LogP contribution in [0.3, 0.4) is 0 Å². The first kappa shape index (κ1) is 23.5. The molecule has 12 heteroatoms. The van der Waals surface area contributed by atoms with Gasteiger partial charge in [0.15, 0.2) is 23.1 Å². The summed E-state index contributed by atoms with van der Waals surface area (Å²) >= 11 is 6.03. The molecule has 0 bridgehead atoms. The van der Waals surface area contributed by atoms with Gasteiger partial charge in [0.2, 0.25) is 5.28 Å². The fraction of sp³-hybridized carbons (Fsp3) is 0.190. The topological polar surface area (TPSA) is 150 Å². The largest absolute Gasteiger partial charge is 0.507 e. The number of benzene rings is 2. The van der Waals surface area contributed by atoms with E-state index in [1.165, 1.54) is 36.4 Å². The summed E-state index contributed by atoms with van der Waals surface area (Å²) in [6.07, 6.45) is 0.250. The fourth-order valence-corrected chi connectivity index (χ4v) is 2.56. The minimum absolute atomic E-state index is 0.0104. The van der Waals surface area contributed by atoms with E-state index < -0.39 is 11.9 Å². The van der Waals surface area contributed by atoms with Crippen molar-refractivity contribution >= 4 is 23.5 Å². The summed E-state index contributed by atoms with van der Waals surface area (Å²) < 4.78 is 0. The molecule has 0 atom stereocenters. The first-order valence-electron chi connectivity index (χ1n) is 9.63. The molecule has 0 aliphatic heterocycles. The number of aromatic nitrogens is 3. The maximum atomic E-state index is 11.2. The van der Waals surface area contributed by atoms with Gasteiger partial charge in [-0.2, -0.15) is 9.97 Å². The lowest BCUT2D eigenvalue weighted by molar-refractivity contribution is -0.213. The van der Waals surface area contributed by atoms with E-state index >= 15 is 0 Å². The molecule has 33 heavy (non-hydrogen) atoms. The molecule has 1 aromatic heterocycles. The Hall–Kier alpha value is -4.12. The van der Waals surface area contributed by atoms with Crippen molar-refractivity contribution in [3.05, 3.63) is 41.7 Å². The zero-order valence-corrected chi connectivity index (χ0v) is 18.2. The number of aromatic hydroxyl groups is 2. The molecular weight excluding hydrogens is 458 g/mol. The zero-order chi connectivity index (χ0) is 24.0. The van der Waals surface area contributed by atoms with Gasteiger partial charge in [0.25, 0.3) is 0 Å². The molecule has 0 fully saturated rings. The lowest BCUT2D eigenvalue weighted by Gasteiger charge is -2.10. The predicted octanol–water partition coefficient (Wildman–Crippen LogP) is 3.76. The number of phenols is 2. The van der Waals surface area contributed by atoms with Crippen LogP contribution in [-0.4, -0.2) is 37.1 Å². The summed E-state index contributed by atoms with van der Waals surface area (Å²) in [5, 5.41) is 20.5. The van der Waals surface area contributed by atoms with Gasteiger partial charge in [-0.1, -0.05) is 13.8 Å². The summed E-state index contributed by atoms with van der Waals surface area (Å²) in [7, 11) is 0. The lowest BCUT2D eigenvalue weighted by atomic mass is 10.1. The van der Waals surface area contributed by atoms with Crippen molar-refractivity contribution < 1.29 is 39.4 Å². The molecular formula is C21H18ClN3O8. The SMILES string of the molecule is CCC(=O)OOc1ccc(-c2nc(Cl)nc(-c3ccc(OOC(=O)CC)cc3O)n2)c(O)c1. The maximum absolute atomic E-state index is 11.2. The molecule has 0 unspecified atom stereocenters. The van der Waals surface area contributed by atoms with Crippen LogP contribution in [0.5, 0.6) is 23.0 Å². The highest BCUT2D eigenvalue weighted by atomic mass is 35.5. The van der Waals surface area contributed by atoms with Gasteiger partial charge < -0.3 is 10.2 Å². The van der Waals surface area contributed by atoms with Crippen molar-refractivity contribution in [1.29, 1.82) is 0 Å². The number of halogens is 1. The summed E-state index contributed by atoms with van der Waals surface area (Å²) in [6.45, 7) is 3.21. The Balaban J connectivity index is 1.87. The Morgan fingerprint density at radius 1 is 0.788 bits per heavy atom. The Labute approximate surface area is 192 Å². The van der Waals surface area contributed by atoms with Gasteiger partial charge in [-0.3, -0.25) is 19.6 Å². The number of carbonyl (C=O) groups is 2. The second-order valence-electron chi connectivity index (χ2n) is 6.39. The molecule has 0 saturated heterocycles. The molecule has 3 rings (SSSR count). The van der Waals surface area contributed by atoms with Crippen LogP contribution in [-0.2, 0) is 19.4 Å². The van der Waals surface area contributed by atoms with E-state index in [0.29, 0.717) is 0 Å². The molecule has 11 nitrogen and oxygen atoms in total. The fourth-order valence-electron chi connectivity index (χ4n) is 2.40. The first-order valence-corrected chi connectivity index (χ1v) is 10.0. The Morgan fingerprint density at radius 3 is 1.58 bits per heavy atom. The van der Waals surface area contributed by atoms with Gasteiger partial charge in [-0.05, 0) is 35.9 Å². The van der Waals surface area contributed by atoms with Crippen LogP contribution in [0.2, 0.25) is 5.28 Å². The second-order valence-corrected chi connectivity index (χ2v) is 6.73. The third kappa shape index (κ3) is 5.98. The Bertz CT molecular complexity index is 1100. The Morgan fingerprint density at radius 2 is 1.21 bits per heavy atom. The van der Waals surface area contributed by atoms with Crippen molar-refractivity contribution in [2.75, 3.05) is 0 Å². The molecule has 0 aliphatic rings. The standard InChI is InChI=1S/C21H18ClN3O8/c1-3-17(28)32-30-11-5-7-13(15(26)9-11)19-23-20(25-21(22)24-19)14-8-6-12(10-16(14)27)31-33-18(29)4-2/h5-10,26-27H,3-4H2,1-2H3. The van der Waals surface area contributed by atoms with Gasteiger partial charge in [0, 0.05) is 25.0 Å². The molecule has 3 aromatic rings. The van der Waals surface area contributed by atoms with Crippen molar-refractivity contribution in [1.82, 2.24) is 15.0 Å². The van der Waals surface area contributed by atoms with E-state index in [9.17, 15) is 19.8 Å². The van der Waals surface area contributed by atoms with Crippen LogP contribution < -0.4 is 9.78 Å². The third-order valence-electron chi connectivity index (χ3n) is 4.07. The summed E-state index contributed by atoms with van der Waals surface area (Å²) in [5.41, 5.74) is 0.362. The van der Waals surface area contributed by atoms with Crippen LogP contribution >= 0.6 is 11.6 Å². The van der Waals surface area contributed by atoms with Crippen molar-refractivity contribution in [2.45, 2.75) is 26.7 Å². The molecule has 2 N–H and O–H groups in total. The van der Waals surface area contributed by atoms with Crippen LogP contribution in [0.25, 0.3) is 22.8 Å². The highest BCUT2D eigenvalue weighted by Crippen LogP contribution is 2.34. The second kappa shape index (κ2) is 10.5. The minimum atomic E-state index is -0.577. The summed E-state index contributed by atoms with van der Waals surface area (Å²) in [5.74, 6) is -1.53. The zero-order valence-electron chi connectivity index (χ0n) is 17.4. The normalized spacial score (nSPS) is 10.4. The highest BCUT2D eigenvalue weighted by molar-refractivity contribution is 6.28. The van der Waals surface area contributed by atoms with Crippen LogP contribution in [0.15, 0.2) is 36.4 Å². The number of rotatable bonds is 8.